The molecule has 5 nitrogen and oxygen atoms in total. The molecule has 1 amide bonds. The van der Waals surface area contributed by atoms with Gasteiger partial charge in [-0.25, -0.2) is 13.8 Å². The second-order valence-corrected chi connectivity index (χ2v) is 11.1. The number of likely N-dealkylation sites (tertiary alicyclic amines) is 1. The van der Waals surface area contributed by atoms with E-state index in [2.05, 4.69) is 25.3 Å². The highest BCUT2D eigenvalue weighted by molar-refractivity contribution is 5.88. The lowest BCUT2D eigenvalue weighted by Crippen LogP contribution is -2.59. The largest absolute Gasteiger partial charge is 0.508 e. The fourth-order valence-corrected chi connectivity index (χ4v) is 6.03. The van der Waals surface area contributed by atoms with Crippen LogP contribution in [0.1, 0.15) is 43.5 Å². The number of halogens is 2. The van der Waals surface area contributed by atoms with Gasteiger partial charge < -0.3 is 14.9 Å². The van der Waals surface area contributed by atoms with Crippen LogP contribution >= 0.6 is 0 Å². The topological polar surface area (TPSA) is 56.7 Å². The van der Waals surface area contributed by atoms with Crippen molar-refractivity contribution in [2.45, 2.75) is 46.5 Å². The molecule has 2 fully saturated rings. The van der Waals surface area contributed by atoms with Gasteiger partial charge in [-0.15, -0.1) is 0 Å². The Bertz CT molecular complexity index is 1200. The summed E-state index contributed by atoms with van der Waals surface area (Å²) in [4.78, 5) is 21.1. The van der Waals surface area contributed by atoms with E-state index in [1.54, 1.807) is 0 Å². The normalized spacial score (nSPS) is 20.3. The van der Waals surface area contributed by atoms with Crippen LogP contribution in [0.3, 0.4) is 0 Å². The molecular weight excluding hydrogens is 436 g/mol. The third-order valence-corrected chi connectivity index (χ3v) is 7.86. The number of carbonyl (C=O) groups excluding carboxylic acids is 1. The number of fused-ring (bicyclic) bond motifs is 1. The number of nitrogens with zero attached hydrogens (tertiary/aromatic N) is 3. The maximum absolute atomic E-state index is 15.1. The van der Waals surface area contributed by atoms with E-state index in [4.69, 9.17) is 4.98 Å². The lowest BCUT2D eigenvalue weighted by molar-refractivity contribution is -0.136. The first-order valence-electron chi connectivity index (χ1n) is 11.9. The van der Waals surface area contributed by atoms with Crippen LogP contribution < -0.4 is 4.90 Å². The van der Waals surface area contributed by atoms with Gasteiger partial charge in [0.1, 0.15) is 11.6 Å². The van der Waals surface area contributed by atoms with Crippen molar-refractivity contribution in [1.29, 1.82) is 0 Å². The number of pyridine rings is 1. The number of benzene rings is 1. The van der Waals surface area contributed by atoms with Gasteiger partial charge in [0, 0.05) is 48.9 Å². The van der Waals surface area contributed by atoms with Gasteiger partial charge in [0.25, 0.3) is 0 Å². The number of hydrogen-bond acceptors (Lipinski definition) is 4. The summed E-state index contributed by atoms with van der Waals surface area (Å²) in [5.41, 5.74) is 3.52. The first-order valence-corrected chi connectivity index (χ1v) is 11.9. The second-order valence-electron chi connectivity index (χ2n) is 11.1. The first kappa shape index (κ1) is 22.8. The van der Waals surface area contributed by atoms with Crippen molar-refractivity contribution in [2.24, 2.45) is 10.8 Å². The summed E-state index contributed by atoms with van der Waals surface area (Å²) in [6.07, 6.45) is 4.71. The minimum absolute atomic E-state index is 0.0322. The zero-order valence-corrected chi connectivity index (χ0v) is 20.0. The number of phenolic OH excluding ortho intramolecular Hbond substituents is 1. The molecular formula is C27H31F2N3O2. The maximum Gasteiger partial charge on any atom is 0.245 e. The van der Waals surface area contributed by atoms with Gasteiger partial charge >= 0.3 is 0 Å². The van der Waals surface area contributed by atoms with Crippen molar-refractivity contribution in [3.63, 3.8) is 0 Å². The van der Waals surface area contributed by atoms with E-state index in [1.807, 2.05) is 11.8 Å². The van der Waals surface area contributed by atoms with Crippen LogP contribution in [0.2, 0.25) is 0 Å². The molecule has 0 radical (unpaired) electrons. The molecule has 1 aliphatic carbocycles. The molecule has 0 unspecified atom stereocenters. The van der Waals surface area contributed by atoms with Crippen molar-refractivity contribution < 1.29 is 18.7 Å². The molecule has 0 saturated carbocycles. The van der Waals surface area contributed by atoms with Crippen LogP contribution in [0, 0.1) is 29.4 Å². The minimum atomic E-state index is -1.06. The SMILES string of the molecule is C=CC(=O)N1CC2(CCN(c3nc4c(c(-c5cc(O)cc(F)c5F)c3C)CCC(C)(C)C4)C2)C1. The molecule has 34 heavy (non-hydrogen) atoms. The Labute approximate surface area is 199 Å². The molecule has 1 aromatic heterocycles. The summed E-state index contributed by atoms with van der Waals surface area (Å²) in [6, 6.07) is 2.13. The maximum atomic E-state index is 15.1. The molecule has 2 aromatic rings. The summed E-state index contributed by atoms with van der Waals surface area (Å²) in [7, 11) is 0. The molecule has 1 spiro atoms. The summed E-state index contributed by atoms with van der Waals surface area (Å²) in [5, 5.41) is 10.1. The minimum Gasteiger partial charge on any atom is -0.508 e. The first-order chi connectivity index (χ1) is 16.0. The molecule has 1 N–H and O–H groups in total. The smallest absolute Gasteiger partial charge is 0.245 e. The predicted octanol–water partition coefficient (Wildman–Crippen LogP) is 4.78. The Morgan fingerprint density at radius 2 is 1.94 bits per heavy atom. The van der Waals surface area contributed by atoms with Crippen LogP contribution in [0.15, 0.2) is 24.8 Å². The van der Waals surface area contributed by atoms with E-state index in [-0.39, 0.29) is 28.1 Å². The molecule has 3 aliphatic rings. The van der Waals surface area contributed by atoms with Crippen molar-refractivity contribution in [1.82, 2.24) is 9.88 Å². The third-order valence-electron chi connectivity index (χ3n) is 7.86. The Hall–Kier alpha value is -2.96. The Morgan fingerprint density at radius 1 is 1.21 bits per heavy atom. The fourth-order valence-electron chi connectivity index (χ4n) is 6.03. The van der Waals surface area contributed by atoms with E-state index < -0.39 is 11.6 Å². The van der Waals surface area contributed by atoms with Gasteiger partial charge in [-0.1, -0.05) is 20.4 Å². The summed E-state index contributed by atoms with van der Waals surface area (Å²) in [5.74, 6) is -1.55. The molecule has 180 valence electrons. The number of aromatic hydroxyl groups is 1. The van der Waals surface area contributed by atoms with Gasteiger partial charge in [0.2, 0.25) is 5.91 Å². The van der Waals surface area contributed by atoms with Gasteiger partial charge in [0.05, 0.1) is 0 Å². The van der Waals surface area contributed by atoms with Gasteiger partial charge in [0.15, 0.2) is 11.6 Å². The average molecular weight is 468 g/mol. The highest BCUT2D eigenvalue weighted by Crippen LogP contribution is 2.46. The number of aromatic nitrogens is 1. The standard InChI is InChI=1S/C27H31F2N3O2/c1-5-22(34)32-14-27(15-32)8-9-31(13-27)25-16(2)23(19-10-17(33)11-20(28)24(19)29)18-6-7-26(3,4)12-21(18)30-25/h5,10-11,33H,1,6-9,12-15H2,2-4H3. The number of rotatable bonds is 3. The highest BCUT2D eigenvalue weighted by atomic mass is 19.2. The number of anilines is 1. The van der Waals surface area contributed by atoms with E-state index in [0.29, 0.717) is 18.7 Å². The van der Waals surface area contributed by atoms with Crippen molar-refractivity contribution in [3.05, 3.63) is 53.2 Å². The van der Waals surface area contributed by atoms with Crippen LogP contribution in [0.25, 0.3) is 11.1 Å². The van der Waals surface area contributed by atoms with Crippen LogP contribution in [-0.2, 0) is 17.6 Å². The van der Waals surface area contributed by atoms with Crippen LogP contribution in [0.5, 0.6) is 5.75 Å². The molecule has 1 aromatic carbocycles. The molecule has 0 atom stereocenters. The van der Waals surface area contributed by atoms with E-state index in [1.165, 1.54) is 12.1 Å². The summed E-state index contributed by atoms with van der Waals surface area (Å²) < 4.78 is 29.4. The van der Waals surface area contributed by atoms with Crippen molar-refractivity contribution in [3.8, 4) is 16.9 Å². The van der Waals surface area contributed by atoms with Crippen molar-refractivity contribution >= 4 is 11.7 Å². The second kappa shape index (κ2) is 7.79. The Balaban J connectivity index is 1.58. The van der Waals surface area contributed by atoms with Crippen molar-refractivity contribution in [2.75, 3.05) is 31.1 Å². The molecule has 2 aliphatic heterocycles. The zero-order chi connectivity index (χ0) is 24.4. The molecule has 5 rings (SSSR count). The average Bonchev–Trinajstić information content (AvgIpc) is 3.20. The number of amides is 1. The number of carbonyl (C=O) groups is 1. The molecule has 2 saturated heterocycles. The van der Waals surface area contributed by atoms with E-state index in [0.717, 1.165) is 67.5 Å². The van der Waals surface area contributed by atoms with Gasteiger partial charge in [-0.05, 0) is 66.9 Å². The molecule has 0 bridgehead atoms. The summed E-state index contributed by atoms with van der Waals surface area (Å²) >= 11 is 0. The fraction of sp³-hybridized carbons (Fsp3) is 0.481. The highest BCUT2D eigenvalue weighted by Gasteiger charge is 2.49. The quantitative estimate of drug-likeness (QED) is 0.660. The van der Waals surface area contributed by atoms with Gasteiger partial charge in [-0.2, -0.15) is 0 Å². The lowest BCUT2D eigenvalue weighted by Gasteiger charge is -2.47. The molecule has 3 heterocycles. The zero-order valence-electron chi connectivity index (χ0n) is 20.0. The monoisotopic (exact) mass is 467 g/mol. The van der Waals surface area contributed by atoms with Crippen LogP contribution in [-0.4, -0.2) is 47.1 Å². The van der Waals surface area contributed by atoms with E-state index >= 15 is 4.39 Å². The lowest BCUT2D eigenvalue weighted by atomic mass is 9.74. The van der Waals surface area contributed by atoms with E-state index in [9.17, 15) is 14.3 Å². The summed E-state index contributed by atoms with van der Waals surface area (Å²) in [6.45, 7) is 12.9. The predicted molar refractivity (Wildman–Crippen MR) is 128 cm³/mol. The third kappa shape index (κ3) is 3.65. The molecule has 7 heteroatoms. The van der Waals surface area contributed by atoms with Crippen LogP contribution in [0.4, 0.5) is 14.6 Å². The number of hydrogen-bond donors (Lipinski definition) is 1. The van der Waals surface area contributed by atoms with Gasteiger partial charge in [-0.3, -0.25) is 4.79 Å². The Kier molecular flexibility index (Phi) is 5.22. The Morgan fingerprint density at radius 3 is 2.65 bits per heavy atom. The number of phenols is 1.